The van der Waals surface area contributed by atoms with E-state index in [2.05, 4.69) is 0 Å². The van der Waals surface area contributed by atoms with Crippen LogP contribution in [0.4, 0.5) is 4.39 Å². The molecule has 2 aromatic rings. The van der Waals surface area contributed by atoms with Crippen LogP contribution in [0.3, 0.4) is 0 Å². The molecule has 6 nitrogen and oxygen atoms in total. The van der Waals surface area contributed by atoms with Crippen LogP contribution in [0.25, 0.3) is 0 Å². The van der Waals surface area contributed by atoms with Crippen LogP contribution in [0.5, 0.6) is 5.75 Å². The van der Waals surface area contributed by atoms with E-state index >= 15 is 0 Å². The third-order valence-electron chi connectivity index (χ3n) is 3.57. The van der Waals surface area contributed by atoms with Crippen LogP contribution in [0.2, 0.25) is 0 Å². The summed E-state index contributed by atoms with van der Waals surface area (Å²) in [4.78, 5) is 12.1. The van der Waals surface area contributed by atoms with Crippen molar-refractivity contribution in [3.63, 3.8) is 0 Å². The highest BCUT2D eigenvalue weighted by molar-refractivity contribution is 7.90. The number of carbonyl (C=O) groups is 1. The monoisotopic (exact) mass is 350 g/mol. The molecule has 1 heterocycles. The number of fused-ring (bicyclic) bond motifs is 1. The van der Waals surface area contributed by atoms with E-state index in [0.29, 0.717) is 5.56 Å². The predicted molar refractivity (Wildman–Crippen MR) is 83.3 cm³/mol. The Bertz CT molecular complexity index is 928. The van der Waals surface area contributed by atoms with Crippen molar-refractivity contribution in [2.24, 2.45) is 0 Å². The number of sulfone groups is 1. The molecule has 3 rings (SSSR count). The zero-order valence-corrected chi connectivity index (χ0v) is 13.3. The molecule has 9 heteroatoms. The van der Waals surface area contributed by atoms with Crippen LogP contribution < -0.4 is 10.2 Å². The number of hydrogen-bond donors (Lipinski definition) is 1. The van der Waals surface area contributed by atoms with E-state index in [4.69, 9.17) is 9.39 Å². The highest BCUT2D eigenvalue weighted by Gasteiger charge is 2.33. The summed E-state index contributed by atoms with van der Waals surface area (Å²) in [6.45, 7) is -0.0818. The quantitative estimate of drug-likeness (QED) is 0.497. The molecule has 0 radical (unpaired) electrons. The van der Waals surface area contributed by atoms with E-state index in [9.17, 15) is 22.6 Å². The van der Waals surface area contributed by atoms with Gasteiger partial charge in [0.1, 0.15) is 0 Å². The molecule has 0 amide bonds. The van der Waals surface area contributed by atoms with Crippen molar-refractivity contribution in [3.05, 3.63) is 53.3 Å². The molecule has 0 saturated carbocycles. The van der Waals surface area contributed by atoms with Gasteiger partial charge in [0.25, 0.3) is 0 Å². The molecule has 0 atom stereocenters. The van der Waals surface area contributed by atoms with Crippen molar-refractivity contribution in [3.8, 4) is 5.75 Å². The maximum atomic E-state index is 13.6. The molecule has 1 N–H and O–H groups in total. The normalized spacial score (nSPS) is 13.7. The molecule has 1 aliphatic heterocycles. The maximum Gasteiger partial charge on any atom is 0.491 e. The van der Waals surface area contributed by atoms with Gasteiger partial charge in [-0.05, 0) is 35.3 Å². The number of esters is 1. The topological polar surface area (TPSA) is 89.9 Å². The molecule has 124 valence electrons. The van der Waals surface area contributed by atoms with Crippen molar-refractivity contribution < 1.29 is 32.0 Å². The summed E-state index contributed by atoms with van der Waals surface area (Å²) in [5, 5.41) is 9.78. The third-order valence-corrected chi connectivity index (χ3v) is 4.73. The van der Waals surface area contributed by atoms with Crippen molar-refractivity contribution in [1.29, 1.82) is 0 Å². The Kier molecular flexibility index (Phi) is 4.16. The first-order valence-electron chi connectivity index (χ1n) is 6.90. The van der Waals surface area contributed by atoms with Crippen molar-refractivity contribution in [2.75, 3.05) is 6.26 Å². The highest BCUT2D eigenvalue weighted by Crippen LogP contribution is 2.23. The molecule has 0 fully saturated rings. The fourth-order valence-corrected chi connectivity index (χ4v) is 3.39. The first-order valence-corrected chi connectivity index (χ1v) is 8.80. The van der Waals surface area contributed by atoms with Crippen LogP contribution in [0.15, 0.2) is 41.3 Å². The van der Waals surface area contributed by atoms with Gasteiger partial charge in [0.05, 0.1) is 17.1 Å². The van der Waals surface area contributed by atoms with Gasteiger partial charge >= 0.3 is 13.1 Å². The predicted octanol–water partition coefficient (Wildman–Crippen LogP) is 0.666. The number of carbonyl (C=O) groups excluding carboxylic acids is 1. The largest absolute Gasteiger partial charge is 0.491 e. The Morgan fingerprint density at radius 3 is 2.71 bits per heavy atom. The summed E-state index contributed by atoms with van der Waals surface area (Å²) < 4.78 is 47.4. The number of halogens is 1. The maximum absolute atomic E-state index is 13.6. The minimum atomic E-state index is -3.66. The van der Waals surface area contributed by atoms with Gasteiger partial charge in [-0.25, -0.2) is 17.6 Å². The number of hydrogen-bond acceptors (Lipinski definition) is 6. The second-order valence-electron chi connectivity index (χ2n) is 5.30. The van der Waals surface area contributed by atoms with Gasteiger partial charge in [-0.1, -0.05) is 12.1 Å². The van der Waals surface area contributed by atoms with Gasteiger partial charge < -0.3 is 14.4 Å². The Morgan fingerprint density at radius 1 is 1.33 bits per heavy atom. The summed E-state index contributed by atoms with van der Waals surface area (Å²) >= 11 is 0. The number of para-hydroxylation sites is 1. The molecule has 0 aromatic heterocycles. The van der Waals surface area contributed by atoms with E-state index < -0.39 is 28.7 Å². The zero-order valence-electron chi connectivity index (χ0n) is 12.5. The molecular weight excluding hydrogens is 338 g/mol. The molecule has 0 saturated heterocycles. The molecular formula is C15H12BFO6S. The van der Waals surface area contributed by atoms with E-state index in [1.807, 2.05) is 0 Å². The lowest BCUT2D eigenvalue weighted by atomic mass is 9.79. The number of ether oxygens (including phenoxy) is 1. The lowest BCUT2D eigenvalue weighted by Crippen LogP contribution is -2.30. The van der Waals surface area contributed by atoms with Gasteiger partial charge in [0.2, 0.25) is 0 Å². The molecule has 24 heavy (non-hydrogen) atoms. The molecule has 0 unspecified atom stereocenters. The smallest absolute Gasteiger partial charge is 0.423 e. The van der Waals surface area contributed by atoms with Crippen molar-refractivity contribution >= 4 is 28.4 Å². The minimum absolute atomic E-state index is 0.0818. The van der Waals surface area contributed by atoms with E-state index in [-0.39, 0.29) is 28.3 Å². The van der Waals surface area contributed by atoms with Crippen molar-refractivity contribution in [2.45, 2.75) is 11.5 Å². The number of benzene rings is 2. The minimum Gasteiger partial charge on any atom is -0.423 e. The molecule has 0 bridgehead atoms. The van der Waals surface area contributed by atoms with Gasteiger partial charge in [-0.3, -0.25) is 0 Å². The van der Waals surface area contributed by atoms with Crippen LogP contribution in [0.1, 0.15) is 15.9 Å². The fourth-order valence-electron chi connectivity index (χ4n) is 2.43. The lowest BCUT2D eigenvalue weighted by Gasteiger charge is -2.10. The van der Waals surface area contributed by atoms with Crippen LogP contribution in [0, 0.1) is 5.82 Å². The molecule has 1 aliphatic rings. The Morgan fingerprint density at radius 2 is 2.04 bits per heavy atom. The number of rotatable bonds is 3. The van der Waals surface area contributed by atoms with Crippen LogP contribution >= 0.6 is 0 Å². The summed E-state index contributed by atoms with van der Waals surface area (Å²) in [6.07, 6.45) is 0.985. The zero-order chi connectivity index (χ0) is 17.5. The SMILES string of the molecule is CS(=O)(=O)c1cc(C(=O)Oc2ccccc2F)cc2c1COB2O. The van der Waals surface area contributed by atoms with Gasteiger partial charge in [-0.2, -0.15) is 0 Å². The summed E-state index contributed by atoms with van der Waals surface area (Å²) in [5.74, 6) is -1.94. The fraction of sp³-hybridized carbons (Fsp3) is 0.133. The summed E-state index contributed by atoms with van der Waals surface area (Å²) in [6, 6.07) is 7.76. The van der Waals surface area contributed by atoms with Gasteiger partial charge in [0.15, 0.2) is 21.4 Å². The average Bonchev–Trinajstić information content (AvgIpc) is 2.89. The van der Waals surface area contributed by atoms with E-state index in [1.54, 1.807) is 0 Å². The van der Waals surface area contributed by atoms with E-state index in [0.717, 1.165) is 18.4 Å². The average molecular weight is 350 g/mol. The highest BCUT2D eigenvalue weighted by atomic mass is 32.2. The molecule has 0 aliphatic carbocycles. The molecule has 2 aromatic carbocycles. The summed E-state index contributed by atoms with van der Waals surface area (Å²) in [5.41, 5.74) is 0.354. The van der Waals surface area contributed by atoms with Crippen LogP contribution in [-0.2, 0) is 21.1 Å². The van der Waals surface area contributed by atoms with Crippen molar-refractivity contribution in [1.82, 2.24) is 0 Å². The van der Waals surface area contributed by atoms with Gasteiger partial charge in [-0.15, -0.1) is 0 Å². The Balaban J connectivity index is 2.04. The second kappa shape index (κ2) is 6.01. The lowest BCUT2D eigenvalue weighted by molar-refractivity contribution is 0.0727. The first-order chi connectivity index (χ1) is 11.3. The Hall–Kier alpha value is -2.23. The van der Waals surface area contributed by atoms with Gasteiger partial charge in [0, 0.05) is 6.26 Å². The standard InChI is InChI=1S/C15H12BFO6S/c1-24(20,21)14-7-9(6-11-10(14)8-22-16(11)19)15(18)23-13-5-3-2-4-12(13)17/h2-7,19H,8H2,1H3. The summed E-state index contributed by atoms with van der Waals surface area (Å²) in [7, 11) is -4.99. The Labute approximate surface area is 137 Å². The van der Waals surface area contributed by atoms with E-state index in [1.165, 1.54) is 24.3 Å². The van der Waals surface area contributed by atoms with Crippen LogP contribution in [-0.4, -0.2) is 32.8 Å². The first kappa shape index (κ1) is 16.6. The molecule has 0 spiro atoms. The third kappa shape index (κ3) is 3.05. The second-order valence-corrected chi connectivity index (χ2v) is 7.28.